The Bertz CT molecular complexity index is 801. The highest BCUT2D eigenvalue weighted by molar-refractivity contribution is 7.89. The van der Waals surface area contributed by atoms with Gasteiger partial charge in [-0.3, -0.25) is 0 Å². The summed E-state index contributed by atoms with van der Waals surface area (Å²) in [6, 6.07) is 17.1. The lowest BCUT2D eigenvalue weighted by molar-refractivity contribution is -0.919. The molecule has 2 aromatic rings. The third-order valence-electron chi connectivity index (χ3n) is 4.46. The van der Waals surface area contributed by atoms with E-state index in [1.807, 2.05) is 19.9 Å². The smallest absolute Gasteiger partial charge is 0.241 e. The van der Waals surface area contributed by atoms with Crippen LogP contribution in [0.2, 0.25) is 0 Å². The molecule has 0 fully saturated rings. The zero-order chi connectivity index (χ0) is 17.2. The van der Waals surface area contributed by atoms with Gasteiger partial charge in [0.25, 0.3) is 0 Å². The highest BCUT2D eigenvalue weighted by Crippen LogP contribution is 2.13. The van der Waals surface area contributed by atoms with Gasteiger partial charge < -0.3 is 4.90 Å². The Morgan fingerprint density at radius 2 is 1.62 bits per heavy atom. The topological polar surface area (TPSA) is 50.6 Å². The predicted octanol–water partition coefficient (Wildman–Crippen LogP) is 1.38. The fourth-order valence-corrected chi connectivity index (χ4v) is 4.91. The van der Waals surface area contributed by atoms with Crippen LogP contribution in [0.5, 0.6) is 0 Å². The van der Waals surface area contributed by atoms with Crippen molar-refractivity contribution < 1.29 is 13.3 Å². The maximum Gasteiger partial charge on any atom is 0.241 e. The Kier molecular flexibility index (Phi) is 4.76. The first-order valence-electron chi connectivity index (χ1n) is 8.35. The molecule has 2 aromatic carbocycles. The summed E-state index contributed by atoms with van der Waals surface area (Å²) in [6.07, 6.45) is 1.05. The molecule has 0 saturated heterocycles. The monoisotopic (exact) mass is 345 g/mol. The molecule has 1 aliphatic rings. The highest BCUT2D eigenvalue weighted by Gasteiger charge is 2.32. The van der Waals surface area contributed by atoms with Gasteiger partial charge in [0.15, 0.2) is 0 Å². The van der Waals surface area contributed by atoms with E-state index in [1.54, 1.807) is 24.3 Å². The summed E-state index contributed by atoms with van der Waals surface area (Å²) in [5.41, 5.74) is 2.29. The van der Waals surface area contributed by atoms with Gasteiger partial charge in [-0.2, -0.15) is 4.72 Å². The summed E-state index contributed by atoms with van der Waals surface area (Å²) in [6.45, 7) is 6.66. The molecule has 1 atom stereocenters. The molecule has 2 N–H and O–H groups in total. The lowest BCUT2D eigenvalue weighted by Gasteiger charge is -2.33. The van der Waals surface area contributed by atoms with E-state index in [0.29, 0.717) is 4.90 Å². The average molecular weight is 345 g/mol. The largest absolute Gasteiger partial charge is 0.329 e. The van der Waals surface area contributed by atoms with Crippen molar-refractivity contribution in [2.24, 2.45) is 0 Å². The second kappa shape index (κ2) is 6.67. The van der Waals surface area contributed by atoms with Gasteiger partial charge >= 0.3 is 0 Å². The molecule has 0 spiro atoms. The molecule has 5 heteroatoms. The minimum atomic E-state index is -3.49. The number of hydrogen-bond donors (Lipinski definition) is 2. The molecular formula is C19H25N2O2S+. The zero-order valence-electron chi connectivity index (χ0n) is 14.2. The van der Waals surface area contributed by atoms with E-state index in [2.05, 4.69) is 29.0 Å². The van der Waals surface area contributed by atoms with Crippen LogP contribution in [0.15, 0.2) is 59.5 Å². The molecule has 0 saturated carbocycles. The summed E-state index contributed by atoms with van der Waals surface area (Å²) >= 11 is 0. The molecular weight excluding hydrogens is 320 g/mol. The van der Waals surface area contributed by atoms with Gasteiger partial charge in [0.2, 0.25) is 10.0 Å². The third kappa shape index (κ3) is 4.04. The van der Waals surface area contributed by atoms with E-state index >= 15 is 0 Å². The maximum atomic E-state index is 12.6. The van der Waals surface area contributed by atoms with Crippen LogP contribution in [0.4, 0.5) is 0 Å². The molecule has 0 bridgehead atoms. The number of benzene rings is 2. The van der Waals surface area contributed by atoms with Crippen LogP contribution < -0.4 is 9.62 Å². The minimum Gasteiger partial charge on any atom is -0.329 e. The van der Waals surface area contributed by atoms with Gasteiger partial charge in [-0.1, -0.05) is 42.5 Å². The van der Waals surface area contributed by atoms with E-state index in [4.69, 9.17) is 0 Å². The molecule has 1 heterocycles. The van der Waals surface area contributed by atoms with Crippen molar-refractivity contribution in [3.63, 3.8) is 0 Å². The van der Waals surface area contributed by atoms with Gasteiger partial charge in [0.05, 0.1) is 23.5 Å². The van der Waals surface area contributed by atoms with Gasteiger partial charge in [0.1, 0.15) is 6.54 Å². The number of hydrogen-bond acceptors (Lipinski definition) is 2. The third-order valence-corrected chi connectivity index (χ3v) is 6.18. The summed E-state index contributed by atoms with van der Waals surface area (Å²) in [4.78, 5) is 1.73. The van der Waals surface area contributed by atoms with Gasteiger partial charge in [-0.15, -0.1) is 0 Å². The highest BCUT2D eigenvalue weighted by atomic mass is 32.2. The molecule has 0 radical (unpaired) electrons. The number of sulfonamides is 1. The van der Waals surface area contributed by atoms with Crippen molar-refractivity contribution in [1.29, 1.82) is 0 Å². The summed E-state index contributed by atoms with van der Waals surface area (Å²) < 4.78 is 28.0. The Morgan fingerprint density at radius 1 is 1.00 bits per heavy atom. The lowest BCUT2D eigenvalue weighted by atomic mass is 9.98. The van der Waals surface area contributed by atoms with Crippen LogP contribution >= 0.6 is 0 Å². The van der Waals surface area contributed by atoms with Crippen LogP contribution in [-0.2, 0) is 23.0 Å². The summed E-state index contributed by atoms with van der Waals surface area (Å²) in [7, 11) is -3.49. The van der Waals surface area contributed by atoms with Gasteiger partial charge in [-0.25, -0.2) is 8.42 Å². The maximum absolute atomic E-state index is 12.6. The van der Waals surface area contributed by atoms with Crippen molar-refractivity contribution in [2.75, 3.05) is 13.1 Å². The van der Waals surface area contributed by atoms with E-state index in [-0.39, 0.29) is 0 Å². The Labute approximate surface area is 144 Å². The van der Waals surface area contributed by atoms with Crippen LogP contribution in [0.25, 0.3) is 0 Å². The second-order valence-corrected chi connectivity index (χ2v) is 8.86. The standard InChI is InChI=1S/C19H24N2O2S/c1-19(2,20-24(22,23)18-10-4-3-5-11-18)15-21-13-12-16-8-6-7-9-17(16)14-21/h3-11,20H,12-15H2,1-2H3/p+1. The summed E-state index contributed by atoms with van der Waals surface area (Å²) in [5.74, 6) is 0. The SMILES string of the molecule is CC(C)(C[NH+]1CCc2ccccc2C1)NS(=O)(=O)c1ccccc1. The van der Waals surface area contributed by atoms with Crippen molar-refractivity contribution in [1.82, 2.24) is 4.72 Å². The number of fused-ring (bicyclic) bond motifs is 1. The number of nitrogens with one attached hydrogen (secondary N) is 2. The quantitative estimate of drug-likeness (QED) is 0.860. The zero-order valence-corrected chi connectivity index (χ0v) is 15.1. The molecule has 4 nitrogen and oxygen atoms in total. The molecule has 1 aliphatic heterocycles. The fourth-order valence-electron chi connectivity index (χ4n) is 3.48. The van der Waals surface area contributed by atoms with E-state index in [9.17, 15) is 8.42 Å². The van der Waals surface area contributed by atoms with Crippen molar-refractivity contribution >= 4 is 10.0 Å². The Balaban J connectivity index is 1.69. The van der Waals surface area contributed by atoms with E-state index < -0.39 is 15.6 Å². The van der Waals surface area contributed by atoms with E-state index in [1.165, 1.54) is 16.0 Å². The molecule has 1 unspecified atom stereocenters. The molecule has 0 aromatic heterocycles. The first-order valence-corrected chi connectivity index (χ1v) is 9.83. The van der Waals surface area contributed by atoms with Crippen LogP contribution in [0, 0.1) is 0 Å². The molecule has 24 heavy (non-hydrogen) atoms. The molecule has 128 valence electrons. The van der Waals surface area contributed by atoms with Crippen LogP contribution in [-0.4, -0.2) is 27.0 Å². The Hall–Kier alpha value is -1.69. The van der Waals surface area contributed by atoms with Gasteiger partial charge in [0, 0.05) is 12.0 Å². The van der Waals surface area contributed by atoms with Crippen molar-refractivity contribution in [3.05, 3.63) is 65.7 Å². The van der Waals surface area contributed by atoms with Crippen molar-refractivity contribution in [2.45, 2.75) is 37.2 Å². The number of quaternary nitrogens is 1. The average Bonchev–Trinajstić information content (AvgIpc) is 2.54. The summed E-state index contributed by atoms with van der Waals surface area (Å²) in [5, 5.41) is 0. The van der Waals surface area contributed by atoms with E-state index in [0.717, 1.165) is 26.1 Å². The molecule has 0 amide bonds. The molecule has 3 rings (SSSR count). The second-order valence-electron chi connectivity index (χ2n) is 7.17. The van der Waals surface area contributed by atoms with Crippen LogP contribution in [0.3, 0.4) is 0 Å². The Morgan fingerprint density at radius 3 is 2.33 bits per heavy atom. The van der Waals surface area contributed by atoms with Crippen LogP contribution in [0.1, 0.15) is 25.0 Å². The first kappa shape index (κ1) is 17.1. The molecule has 0 aliphatic carbocycles. The minimum absolute atomic E-state index is 0.317. The van der Waals surface area contributed by atoms with Crippen molar-refractivity contribution in [3.8, 4) is 0 Å². The first-order chi connectivity index (χ1) is 11.4. The predicted molar refractivity (Wildman–Crippen MR) is 95.4 cm³/mol. The fraction of sp³-hybridized carbons (Fsp3) is 0.368. The lowest BCUT2D eigenvalue weighted by Crippen LogP contribution is -3.13. The van der Waals surface area contributed by atoms with Gasteiger partial charge in [-0.05, 0) is 31.5 Å². The number of rotatable bonds is 5. The normalized spacial score (nSPS) is 18.2.